The van der Waals surface area contributed by atoms with Gasteiger partial charge in [-0.25, -0.2) is 22.0 Å². The van der Waals surface area contributed by atoms with Crippen LogP contribution in [0.3, 0.4) is 0 Å². The van der Waals surface area contributed by atoms with Crippen LogP contribution in [0.4, 0.5) is 33.5 Å². The number of anilines is 2. The molecule has 5 nitrogen and oxygen atoms in total. The summed E-state index contributed by atoms with van der Waals surface area (Å²) in [7, 11) is 0. The molecule has 2 aromatic heterocycles. The molecule has 0 spiro atoms. The summed E-state index contributed by atoms with van der Waals surface area (Å²) in [5.74, 6) is -2.89. The molecule has 2 aromatic carbocycles. The van der Waals surface area contributed by atoms with Crippen molar-refractivity contribution >= 4 is 28.2 Å². The van der Waals surface area contributed by atoms with E-state index in [1.54, 1.807) is 13.0 Å². The van der Waals surface area contributed by atoms with Crippen molar-refractivity contribution in [3.05, 3.63) is 59.2 Å². The Hall–Kier alpha value is -3.30. The third-order valence-corrected chi connectivity index (χ3v) is 6.50. The molecule has 1 fully saturated rings. The van der Waals surface area contributed by atoms with E-state index in [0.717, 1.165) is 36.3 Å². The highest BCUT2D eigenvalue weighted by Crippen LogP contribution is 2.49. The van der Waals surface area contributed by atoms with Gasteiger partial charge in [0.2, 0.25) is 0 Å². The highest BCUT2D eigenvalue weighted by Gasteiger charge is 2.36. The van der Waals surface area contributed by atoms with E-state index in [0.29, 0.717) is 17.8 Å². The summed E-state index contributed by atoms with van der Waals surface area (Å²) in [6.07, 6.45) is 0.762. The van der Waals surface area contributed by atoms with Crippen LogP contribution in [0, 0.1) is 29.8 Å². The zero-order valence-corrected chi connectivity index (χ0v) is 18.6. The smallest absolute Gasteiger partial charge is 0.257 e. The summed E-state index contributed by atoms with van der Waals surface area (Å²) < 4.78 is 72.8. The standard InChI is InChI=1S/C24H22F5N5/c1-13-31-32-23-30-22(20-18(34(13)23)4-3-17(26)21(20)29)33(12-19(27)28)16-10-14(9-15(25)11-16)5-6-24(2)7-8-24/h3-4,9-11,19H,5-8,12H2,1-2H3. The number of hydrogen-bond acceptors (Lipinski definition) is 4. The van der Waals surface area contributed by atoms with E-state index >= 15 is 4.39 Å². The van der Waals surface area contributed by atoms with E-state index in [1.165, 1.54) is 16.5 Å². The van der Waals surface area contributed by atoms with Crippen molar-refractivity contribution < 1.29 is 22.0 Å². The molecule has 4 aromatic rings. The van der Waals surface area contributed by atoms with Gasteiger partial charge in [-0.1, -0.05) is 6.92 Å². The van der Waals surface area contributed by atoms with Gasteiger partial charge in [0, 0.05) is 5.69 Å². The van der Waals surface area contributed by atoms with Gasteiger partial charge in [-0.3, -0.25) is 4.40 Å². The summed E-state index contributed by atoms with van der Waals surface area (Å²) in [4.78, 5) is 5.28. The van der Waals surface area contributed by atoms with Crippen molar-refractivity contribution in [2.24, 2.45) is 5.41 Å². The maximum atomic E-state index is 15.1. The normalized spacial score (nSPS) is 14.9. The molecule has 0 aliphatic heterocycles. The summed E-state index contributed by atoms with van der Waals surface area (Å²) in [5, 5.41) is 7.54. The number of rotatable bonds is 7. The van der Waals surface area contributed by atoms with Crippen molar-refractivity contribution in [1.29, 1.82) is 0 Å². The van der Waals surface area contributed by atoms with Crippen LogP contribution >= 0.6 is 0 Å². The molecule has 1 aliphatic carbocycles. The van der Waals surface area contributed by atoms with E-state index in [2.05, 4.69) is 22.1 Å². The Morgan fingerprint density at radius 2 is 1.85 bits per heavy atom. The van der Waals surface area contributed by atoms with Crippen molar-refractivity contribution in [3.63, 3.8) is 0 Å². The quantitative estimate of drug-likeness (QED) is 0.301. The second-order valence-corrected chi connectivity index (χ2v) is 9.20. The fourth-order valence-electron chi connectivity index (χ4n) is 4.29. The summed E-state index contributed by atoms with van der Waals surface area (Å²) in [6.45, 7) is 2.86. The Kier molecular flexibility index (Phi) is 5.41. The van der Waals surface area contributed by atoms with Crippen LogP contribution in [-0.4, -0.2) is 32.6 Å². The van der Waals surface area contributed by atoms with Gasteiger partial charge in [-0.15, -0.1) is 10.2 Å². The Bertz CT molecular complexity index is 1400. The van der Waals surface area contributed by atoms with E-state index < -0.39 is 30.4 Å². The second kappa shape index (κ2) is 8.18. The lowest BCUT2D eigenvalue weighted by Crippen LogP contribution is -2.26. The maximum absolute atomic E-state index is 15.1. The average Bonchev–Trinajstić information content (AvgIpc) is 3.41. The first-order valence-electron chi connectivity index (χ1n) is 11.0. The molecule has 0 saturated heterocycles. The number of benzene rings is 2. The van der Waals surface area contributed by atoms with Gasteiger partial charge < -0.3 is 4.90 Å². The van der Waals surface area contributed by atoms with Gasteiger partial charge >= 0.3 is 0 Å². The molecule has 0 unspecified atom stereocenters. The number of hydrogen-bond donors (Lipinski definition) is 0. The minimum Gasteiger partial charge on any atom is -0.320 e. The third-order valence-electron chi connectivity index (χ3n) is 6.50. The minimum atomic E-state index is -2.86. The Labute approximate surface area is 192 Å². The number of aryl methyl sites for hydroxylation is 2. The van der Waals surface area contributed by atoms with Crippen LogP contribution in [0.15, 0.2) is 30.3 Å². The summed E-state index contributed by atoms with van der Waals surface area (Å²) in [5.41, 5.74) is 1.11. The lowest BCUT2D eigenvalue weighted by atomic mass is 9.98. The topological polar surface area (TPSA) is 46.3 Å². The van der Waals surface area contributed by atoms with Gasteiger partial charge in [-0.2, -0.15) is 4.98 Å². The van der Waals surface area contributed by atoms with Crippen molar-refractivity contribution in [2.75, 3.05) is 11.4 Å². The Morgan fingerprint density at radius 1 is 1.09 bits per heavy atom. The third kappa shape index (κ3) is 4.05. The fourth-order valence-corrected chi connectivity index (χ4v) is 4.29. The van der Waals surface area contributed by atoms with Gasteiger partial charge in [0.1, 0.15) is 17.5 Å². The van der Waals surface area contributed by atoms with Crippen molar-refractivity contribution in [3.8, 4) is 0 Å². The monoisotopic (exact) mass is 475 g/mol. The zero-order valence-electron chi connectivity index (χ0n) is 18.6. The second-order valence-electron chi connectivity index (χ2n) is 9.20. The number of nitrogens with zero attached hydrogens (tertiary/aromatic N) is 5. The molecule has 1 aliphatic rings. The lowest BCUT2D eigenvalue weighted by molar-refractivity contribution is 0.158. The molecule has 34 heavy (non-hydrogen) atoms. The van der Waals surface area contributed by atoms with Crippen LogP contribution in [0.5, 0.6) is 0 Å². The van der Waals surface area contributed by atoms with Gasteiger partial charge in [-0.05, 0) is 73.9 Å². The number of halogens is 5. The molecule has 0 amide bonds. The van der Waals surface area contributed by atoms with Crippen molar-refractivity contribution in [2.45, 2.75) is 46.0 Å². The highest BCUT2D eigenvalue weighted by molar-refractivity contribution is 5.94. The van der Waals surface area contributed by atoms with E-state index in [1.807, 2.05) is 0 Å². The van der Waals surface area contributed by atoms with Crippen LogP contribution in [0.25, 0.3) is 16.7 Å². The largest absolute Gasteiger partial charge is 0.320 e. The first-order chi connectivity index (χ1) is 16.1. The molecule has 2 heterocycles. The summed E-state index contributed by atoms with van der Waals surface area (Å²) >= 11 is 0. The Balaban J connectivity index is 1.71. The van der Waals surface area contributed by atoms with Gasteiger partial charge in [0.25, 0.3) is 12.2 Å². The molecule has 5 rings (SSSR count). The molecular formula is C24H22F5N5. The number of aromatic nitrogens is 4. The van der Waals surface area contributed by atoms with Crippen LogP contribution in [-0.2, 0) is 6.42 Å². The fraction of sp³-hybridized carbons (Fsp3) is 0.375. The highest BCUT2D eigenvalue weighted by atomic mass is 19.3. The van der Waals surface area contributed by atoms with Crippen molar-refractivity contribution in [1.82, 2.24) is 19.6 Å². The van der Waals surface area contributed by atoms with E-state index in [4.69, 9.17) is 0 Å². The predicted molar refractivity (Wildman–Crippen MR) is 118 cm³/mol. The molecule has 0 radical (unpaired) electrons. The Morgan fingerprint density at radius 3 is 2.56 bits per heavy atom. The summed E-state index contributed by atoms with van der Waals surface area (Å²) in [6, 6.07) is 6.31. The minimum absolute atomic E-state index is 0.0311. The van der Waals surface area contributed by atoms with E-state index in [9.17, 15) is 17.6 Å². The average molecular weight is 475 g/mol. The SMILES string of the molecule is Cc1nnc2nc(N(CC(F)F)c3cc(F)cc(CCC4(C)CC4)c3)c3c(F)c(F)ccc3n12. The number of alkyl halides is 2. The molecular weight excluding hydrogens is 453 g/mol. The van der Waals surface area contributed by atoms with Crippen LogP contribution < -0.4 is 4.90 Å². The molecule has 0 N–H and O–H groups in total. The number of fused-ring (bicyclic) bond motifs is 3. The van der Waals surface area contributed by atoms with E-state index in [-0.39, 0.29) is 33.6 Å². The molecule has 178 valence electrons. The van der Waals surface area contributed by atoms with Crippen LogP contribution in [0.1, 0.15) is 37.6 Å². The predicted octanol–water partition coefficient (Wildman–Crippen LogP) is 6.14. The van der Waals surface area contributed by atoms with Gasteiger partial charge in [0.05, 0.1) is 17.4 Å². The lowest BCUT2D eigenvalue weighted by Gasteiger charge is -2.26. The van der Waals surface area contributed by atoms with Gasteiger partial charge in [0.15, 0.2) is 11.6 Å². The first kappa shape index (κ1) is 22.5. The zero-order chi connectivity index (χ0) is 24.2. The molecule has 0 bridgehead atoms. The molecule has 10 heteroatoms. The maximum Gasteiger partial charge on any atom is 0.257 e. The molecule has 0 atom stereocenters. The van der Waals surface area contributed by atoms with Crippen LogP contribution in [0.2, 0.25) is 0 Å². The first-order valence-corrected chi connectivity index (χ1v) is 11.0. The molecule has 1 saturated carbocycles.